The molecule has 1 saturated carbocycles. The van der Waals surface area contributed by atoms with Crippen molar-refractivity contribution in [1.82, 2.24) is 0 Å². The Balaban J connectivity index is 1.94. The molecule has 0 saturated heterocycles. The zero-order valence-electron chi connectivity index (χ0n) is 10.8. The van der Waals surface area contributed by atoms with E-state index in [4.69, 9.17) is 9.84 Å². The van der Waals surface area contributed by atoms with Gasteiger partial charge in [-0.1, -0.05) is 6.42 Å². The van der Waals surface area contributed by atoms with E-state index in [1.165, 1.54) is 18.6 Å². The normalized spacial score (nSPS) is 24.6. The first-order valence-electron chi connectivity index (χ1n) is 6.84. The van der Waals surface area contributed by atoms with Gasteiger partial charge < -0.3 is 14.9 Å². The maximum Gasteiger partial charge on any atom is 0.335 e. The number of ether oxygens (including phenoxy) is 1. The quantitative estimate of drug-likeness (QED) is 0.816. The number of carbonyl (C=O) groups is 1. The lowest BCUT2D eigenvalue weighted by Gasteiger charge is -2.43. The van der Waals surface area contributed by atoms with Crippen LogP contribution in [0, 0.1) is 0 Å². The van der Waals surface area contributed by atoms with Crippen molar-refractivity contribution in [1.29, 1.82) is 0 Å². The molecule has 4 nitrogen and oxygen atoms in total. The zero-order chi connectivity index (χ0) is 13.5. The van der Waals surface area contributed by atoms with E-state index in [0.29, 0.717) is 17.7 Å². The fourth-order valence-electron chi connectivity index (χ4n) is 3.27. The van der Waals surface area contributed by atoms with Crippen molar-refractivity contribution in [2.75, 3.05) is 0 Å². The van der Waals surface area contributed by atoms with Crippen molar-refractivity contribution >= 4 is 5.97 Å². The minimum absolute atomic E-state index is 0.195. The first-order chi connectivity index (χ1) is 9.10. The zero-order valence-corrected chi connectivity index (χ0v) is 10.8. The summed E-state index contributed by atoms with van der Waals surface area (Å²) in [7, 11) is 0. The minimum Gasteiger partial charge on any atom is -0.487 e. The number of aromatic carboxylic acids is 1. The van der Waals surface area contributed by atoms with Gasteiger partial charge in [0.2, 0.25) is 0 Å². The molecule has 3 rings (SSSR count). The number of carboxylic acid groups (broad SMARTS) is 1. The van der Waals surface area contributed by atoms with Crippen LogP contribution in [0.4, 0.5) is 0 Å². The van der Waals surface area contributed by atoms with Crippen molar-refractivity contribution in [3.63, 3.8) is 0 Å². The largest absolute Gasteiger partial charge is 0.487 e. The molecule has 1 aromatic carbocycles. The van der Waals surface area contributed by atoms with Crippen LogP contribution in [0.2, 0.25) is 0 Å². The molecule has 1 aliphatic heterocycles. The average Bonchev–Trinajstić information content (AvgIpc) is 2.39. The van der Waals surface area contributed by atoms with Gasteiger partial charge >= 0.3 is 5.97 Å². The average molecular weight is 262 g/mol. The topological polar surface area (TPSA) is 66.8 Å². The highest BCUT2D eigenvalue weighted by atomic mass is 16.5. The molecule has 1 spiro atoms. The molecule has 4 heteroatoms. The van der Waals surface area contributed by atoms with Crippen LogP contribution in [0.25, 0.3) is 0 Å². The Bertz CT molecular complexity index is 503. The standard InChI is InChI=1S/C15H18O4/c16-12-9-15(6-2-1-3-7-15)19-13-5-4-10(14(17)18)8-11(12)13/h4-5,8,12,16H,1-3,6-7,9H2,(H,17,18). The number of carboxylic acids is 1. The van der Waals surface area contributed by atoms with E-state index in [0.717, 1.165) is 25.7 Å². The number of fused-ring (bicyclic) bond motifs is 1. The Kier molecular flexibility index (Phi) is 2.97. The molecular formula is C15H18O4. The molecule has 2 N–H and O–H groups in total. The summed E-state index contributed by atoms with van der Waals surface area (Å²) in [6, 6.07) is 4.74. The second-order valence-electron chi connectivity index (χ2n) is 5.62. The van der Waals surface area contributed by atoms with Crippen LogP contribution >= 0.6 is 0 Å². The number of aliphatic hydroxyl groups excluding tert-OH is 1. The van der Waals surface area contributed by atoms with Crippen LogP contribution in [0.3, 0.4) is 0 Å². The van der Waals surface area contributed by atoms with Gasteiger partial charge in [0.1, 0.15) is 11.4 Å². The van der Waals surface area contributed by atoms with Gasteiger partial charge in [0.05, 0.1) is 11.7 Å². The highest BCUT2D eigenvalue weighted by Crippen LogP contribution is 2.46. The van der Waals surface area contributed by atoms with Crippen LogP contribution in [0.5, 0.6) is 5.75 Å². The fraction of sp³-hybridized carbons (Fsp3) is 0.533. The Hall–Kier alpha value is -1.55. The molecular weight excluding hydrogens is 244 g/mol. The molecule has 1 heterocycles. The Morgan fingerprint density at radius 3 is 2.68 bits per heavy atom. The van der Waals surface area contributed by atoms with E-state index >= 15 is 0 Å². The molecule has 102 valence electrons. The molecule has 2 aliphatic rings. The van der Waals surface area contributed by atoms with Crippen LogP contribution in [0.15, 0.2) is 18.2 Å². The van der Waals surface area contributed by atoms with Crippen LogP contribution in [-0.2, 0) is 0 Å². The Morgan fingerprint density at radius 1 is 1.26 bits per heavy atom. The summed E-state index contributed by atoms with van der Waals surface area (Å²) in [5.41, 5.74) is 0.562. The molecule has 1 unspecified atom stereocenters. The van der Waals surface area contributed by atoms with Crippen molar-refractivity contribution in [2.45, 2.75) is 50.2 Å². The van der Waals surface area contributed by atoms with Crippen LogP contribution in [0.1, 0.15) is 60.6 Å². The summed E-state index contributed by atoms with van der Waals surface area (Å²) < 4.78 is 6.11. The van der Waals surface area contributed by atoms with Crippen molar-refractivity contribution in [2.24, 2.45) is 0 Å². The third-order valence-electron chi connectivity index (χ3n) is 4.27. The predicted molar refractivity (Wildman–Crippen MR) is 69.4 cm³/mol. The van der Waals surface area contributed by atoms with E-state index in [2.05, 4.69) is 0 Å². The number of rotatable bonds is 1. The van der Waals surface area contributed by atoms with Gasteiger partial charge in [0.25, 0.3) is 0 Å². The van der Waals surface area contributed by atoms with Gasteiger partial charge in [-0.3, -0.25) is 0 Å². The predicted octanol–water partition coefficient (Wildman–Crippen LogP) is 2.90. The van der Waals surface area contributed by atoms with Gasteiger partial charge in [-0.25, -0.2) is 4.79 Å². The second-order valence-corrected chi connectivity index (χ2v) is 5.62. The maximum absolute atomic E-state index is 11.0. The fourth-order valence-corrected chi connectivity index (χ4v) is 3.27. The molecule has 1 aromatic rings. The van der Waals surface area contributed by atoms with Crippen molar-refractivity contribution in [3.8, 4) is 5.75 Å². The number of hydrogen-bond acceptors (Lipinski definition) is 3. The minimum atomic E-state index is -0.979. The summed E-state index contributed by atoms with van der Waals surface area (Å²) in [5, 5.41) is 19.3. The maximum atomic E-state index is 11.0. The molecule has 1 aliphatic carbocycles. The van der Waals surface area contributed by atoms with E-state index in [-0.39, 0.29) is 11.2 Å². The molecule has 0 amide bonds. The first kappa shape index (κ1) is 12.5. The molecule has 1 fully saturated rings. The second kappa shape index (κ2) is 4.53. The first-order valence-corrected chi connectivity index (χ1v) is 6.84. The number of aliphatic hydroxyl groups is 1. The van der Waals surface area contributed by atoms with Gasteiger partial charge in [0.15, 0.2) is 0 Å². The molecule has 1 atom stereocenters. The van der Waals surface area contributed by atoms with Gasteiger partial charge in [-0.2, -0.15) is 0 Å². The summed E-state index contributed by atoms with van der Waals surface area (Å²) in [6.07, 6.45) is 5.40. The summed E-state index contributed by atoms with van der Waals surface area (Å²) >= 11 is 0. The molecule has 0 bridgehead atoms. The number of hydrogen-bond donors (Lipinski definition) is 2. The van der Waals surface area contributed by atoms with E-state index < -0.39 is 12.1 Å². The van der Waals surface area contributed by atoms with E-state index in [1.807, 2.05) is 0 Å². The van der Waals surface area contributed by atoms with E-state index in [1.54, 1.807) is 6.07 Å². The third kappa shape index (κ3) is 2.21. The summed E-state index contributed by atoms with van der Waals surface area (Å²) in [6.45, 7) is 0. The van der Waals surface area contributed by atoms with Gasteiger partial charge in [-0.15, -0.1) is 0 Å². The van der Waals surface area contributed by atoms with Crippen LogP contribution in [-0.4, -0.2) is 21.8 Å². The lowest BCUT2D eigenvalue weighted by Crippen LogP contribution is -2.42. The van der Waals surface area contributed by atoms with Crippen molar-refractivity contribution in [3.05, 3.63) is 29.3 Å². The number of benzene rings is 1. The van der Waals surface area contributed by atoms with Gasteiger partial charge in [-0.05, 0) is 43.9 Å². The smallest absolute Gasteiger partial charge is 0.335 e. The molecule has 0 radical (unpaired) electrons. The lowest BCUT2D eigenvalue weighted by molar-refractivity contribution is -0.0381. The Labute approximate surface area is 112 Å². The lowest BCUT2D eigenvalue weighted by atomic mass is 9.78. The highest BCUT2D eigenvalue weighted by molar-refractivity contribution is 5.88. The SMILES string of the molecule is O=C(O)c1ccc2c(c1)C(O)CC1(CCCCC1)O2. The summed E-state index contributed by atoms with van der Waals surface area (Å²) in [5.74, 6) is -0.335. The third-order valence-corrected chi connectivity index (χ3v) is 4.27. The van der Waals surface area contributed by atoms with Crippen LogP contribution < -0.4 is 4.74 Å². The van der Waals surface area contributed by atoms with Gasteiger partial charge in [0, 0.05) is 12.0 Å². The molecule has 19 heavy (non-hydrogen) atoms. The highest BCUT2D eigenvalue weighted by Gasteiger charge is 2.41. The Morgan fingerprint density at radius 2 is 2.00 bits per heavy atom. The summed E-state index contributed by atoms with van der Waals surface area (Å²) in [4.78, 5) is 11.0. The van der Waals surface area contributed by atoms with Crippen molar-refractivity contribution < 1.29 is 19.7 Å². The van der Waals surface area contributed by atoms with E-state index in [9.17, 15) is 9.90 Å². The molecule has 0 aromatic heterocycles. The monoisotopic (exact) mass is 262 g/mol.